The van der Waals surface area contributed by atoms with Gasteiger partial charge in [0.2, 0.25) is 0 Å². The van der Waals surface area contributed by atoms with Crippen LogP contribution in [0.4, 0.5) is 4.79 Å². The quantitative estimate of drug-likeness (QED) is 0.359. The van der Waals surface area contributed by atoms with E-state index < -0.39 is 5.60 Å². The normalized spacial score (nSPS) is 22.6. The van der Waals surface area contributed by atoms with Gasteiger partial charge in [-0.05, 0) is 53.4 Å². The largest absolute Gasteiger partial charge is 0.444 e. The first-order valence-corrected chi connectivity index (χ1v) is 9.83. The van der Waals surface area contributed by atoms with E-state index in [0.29, 0.717) is 11.3 Å². The number of hydrogen-bond acceptors (Lipinski definition) is 3. The number of aliphatic imine (C=N–C) groups is 1. The van der Waals surface area contributed by atoms with Crippen LogP contribution in [0.1, 0.15) is 61.3 Å². The number of piperidine rings is 1. The molecule has 0 atom stereocenters. The monoisotopic (exact) mass is 494 g/mol. The van der Waals surface area contributed by atoms with Gasteiger partial charge in [0.15, 0.2) is 5.96 Å². The molecule has 0 aliphatic carbocycles. The summed E-state index contributed by atoms with van der Waals surface area (Å²) in [5, 5.41) is 3.56. The van der Waals surface area contributed by atoms with Crippen molar-refractivity contribution < 1.29 is 9.53 Å². The van der Waals surface area contributed by atoms with Gasteiger partial charge in [0.25, 0.3) is 0 Å². The predicted molar refractivity (Wildman–Crippen MR) is 122 cm³/mol. The maximum atomic E-state index is 12.2. The molecule has 2 aliphatic heterocycles. The highest BCUT2D eigenvalue weighted by Crippen LogP contribution is 2.46. The van der Waals surface area contributed by atoms with Crippen LogP contribution < -0.4 is 5.32 Å². The highest BCUT2D eigenvalue weighted by Gasteiger charge is 2.53. The lowest BCUT2D eigenvalue weighted by atomic mass is 9.65. The highest BCUT2D eigenvalue weighted by atomic mass is 127. The Morgan fingerprint density at radius 1 is 1.19 bits per heavy atom. The zero-order valence-electron chi connectivity index (χ0n) is 18.4. The van der Waals surface area contributed by atoms with Crippen LogP contribution >= 0.6 is 24.0 Å². The summed E-state index contributed by atoms with van der Waals surface area (Å²) in [5.74, 6) is 1.55. The number of guanidine groups is 1. The number of halogens is 1. The molecule has 0 radical (unpaired) electrons. The summed E-state index contributed by atoms with van der Waals surface area (Å²) < 4.78 is 5.47. The Labute approximate surface area is 182 Å². The van der Waals surface area contributed by atoms with Crippen LogP contribution in [0.15, 0.2) is 4.99 Å². The Morgan fingerprint density at radius 2 is 1.74 bits per heavy atom. The summed E-state index contributed by atoms with van der Waals surface area (Å²) in [6.07, 6.45) is 1.81. The molecule has 1 N–H and O–H groups in total. The van der Waals surface area contributed by atoms with Gasteiger partial charge in [-0.1, -0.05) is 13.8 Å². The van der Waals surface area contributed by atoms with Gasteiger partial charge >= 0.3 is 6.09 Å². The van der Waals surface area contributed by atoms with E-state index in [2.05, 4.69) is 42.9 Å². The molecule has 2 heterocycles. The second-order valence-electron chi connectivity index (χ2n) is 9.87. The van der Waals surface area contributed by atoms with Crippen molar-refractivity contribution in [2.45, 2.75) is 72.4 Å². The average molecular weight is 494 g/mol. The number of rotatable bonds is 2. The molecule has 0 aromatic rings. The van der Waals surface area contributed by atoms with Gasteiger partial charge in [0, 0.05) is 44.2 Å². The van der Waals surface area contributed by atoms with Crippen molar-refractivity contribution in [2.75, 3.05) is 33.2 Å². The zero-order chi connectivity index (χ0) is 19.8. The van der Waals surface area contributed by atoms with Gasteiger partial charge in [-0.2, -0.15) is 0 Å². The van der Waals surface area contributed by atoms with Gasteiger partial charge in [-0.3, -0.25) is 4.99 Å². The maximum absolute atomic E-state index is 12.2. The summed E-state index contributed by atoms with van der Waals surface area (Å²) in [6.45, 7) is 18.4. The van der Waals surface area contributed by atoms with Crippen LogP contribution in [-0.4, -0.2) is 66.2 Å². The van der Waals surface area contributed by atoms with Gasteiger partial charge in [0.1, 0.15) is 5.60 Å². The minimum absolute atomic E-state index is 0. The SMILES string of the molecule is CN=C(NCC1CCN(C(=O)OC(C)(C)C)CC1)N1CC(C)(C)C1(C)C.I. The van der Waals surface area contributed by atoms with Gasteiger partial charge in [-0.15, -0.1) is 24.0 Å². The topological polar surface area (TPSA) is 57.2 Å². The number of amides is 1. The molecule has 0 saturated carbocycles. The fourth-order valence-electron chi connectivity index (χ4n) is 3.58. The Balaban J connectivity index is 0.00000364. The van der Waals surface area contributed by atoms with Crippen molar-refractivity contribution in [2.24, 2.45) is 16.3 Å². The van der Waals surface area contributed by atoms with Crippen LogP contribution in [0.25, 0.3) is 0 Å². The summed E-state index contributed by atoms with van der Waals surface area (Å²) in [7, 11) is 1.86. The van der Waals surface area contributed by atoms with E-state index in [0.717, 1.165) is 45.0 Å². The van der Waals surface area contributed by atoms with E-state index in [4.69, 9.17) is 4.74 Å². The fourth-order valence-corrected chi connectivity index (χ4v) is 3.58. The van der Waals surface area contributed by atoms with E-state index >= 15 is 0 Å². The molecule has 0 aromatic heterocycles. The fraction of sp³-hybridized carbons (Fsp3) is 0.900. The number of hydrogen-bond donors (Lipinski definition) is 1. The molecule has 6 nitrogen and oxygen atoms in total. The third kappa shape index (κ3) is 5.64. The van der Waals surface area contributed by atoms with E-state index in [-0.39, 0.29) is 35.6 Å². The molecule has 158 valence electrons. The molecule has 0 bridgehead atoms. The van der Waals surface area contributed by atoms with E-state index in [1.165, 1.54) is 0 Å². The van der Waals surface area contributed by atoms with Crippen LogP contribution in [0.3, 0.4) is 0 Å². The molecule has 2 fully saturated rings. The van der Waals surface area contributed by atoms with E-state index in [1.54, 1.807) is 0 Å². The molecule has 0 spiro atoms. The predicted octanol–water partition coefficient (Wildman–Crippen LogP) is 3.95. The zero-order valence-corrected chi connectivity index (χ0v) is 20.7. The molecule has 2 aliphatic rings. The second-order valence-corrected chi connectivity index (χ2v) is 9.87. The first-order chi connectivity index (χ1) is 11.9. The van der Waals surface area contributed by atoms with Crippen molar-refractivity contribution in [3.63, 3.8) is 0 Å². The van der Waals surface area contributed by atoms with Crippen LogP contribution in [-0.2, 0) is 4.74 Å². The molecule has 2 saturated heterocycles. The molecular formula is C20H39IN4O2. The standard InChI is InChI=1S/C20H38N4O2.HI/c1-18(2,3)26-17(25)23-11-9-15(10-12-23)13-22-16(21-8)24-14-19(4,5)20(24,6)7;/h15H,9-14H2,1-8H3,(H,21,22);1H. The number of carbonyl (C=O) groups is 1. The molecule has 1 amide bonds. The summed E-state index contributed by atoms with van der Waals surface area (Å²) >= 11 is 0. The number of nitrogens with zero attached hydrogens (tertiary/aromatic N) is 3. The Hall–Kier alpha value is -0.730. The van der Waals surface area contributed by atoms with Crippen LogP contribution in [0.5, 0.6) is 0 Å². The minimum Gasteiger partial charge on any atom is -0.444 e. The molecule has 7 heteroatoms. The third-order valence-corrected chi connectivity index (χ3v) is 6.17. The lowest BCUT2D eigenvalue weighted by Gasteiger charge is -2.62. The van der Waals surface area contributed by atoms with Crippen molar-refractivity contribution >= 4 is 36.0 Å². The number of ether oxygens (including phenoxy) is 1. The van der Waals surface area contributed by atoms with Crippen molar-refractivity contribution in [1.82, 2.24) is 15.1 Å². The lowest BCUT2D eigenvalue weighted by molar-refractivity contribution is -0.0669. The summed E-state index contributed by atoms with van der Waals surface area (Å²) in [5.41, 5.74) is -0.0297. The number of carbonyl (C=O) groups excluding carboxylic acids is 1. The Morgan fingerprint density at radius 3 is 2.15 bits per heavy atom. The lowest BCUT2D eigenvalue weighted by Crippen LogP contribution is -2.72. The molecule has 27 heavy (non-hydrogen) atoms. The van der Waals surface area contributed by atoms with E-state index in [9.17, 15) is 4.79 Å². The molecule has 0 unspecified atom stereocenters. The van der Waals surface area contributed by atoms with Crippen molar-refractivity contribution in [1.29, 1.82) is 0 Å². The highest BCUT2D eigenvalue weighted by molar-refractivity contribution is 14.0. The Kier molecular flexibility index (Phi) is 7.87. The smallest absolute Gasteiger partial charge is 0.410 e. The second kappa shape index (κ2) is 8.74. The minimum atomic E-state index is -0.431. The Bertz CT molecular complexity index is 547. The maximum Gasteiger partial charge on any atom is 0.410 e. The first kappa shape index (κ1) is 24.3. The number of nitrogens with one attached hydrogen (secondary N) is 1. The average Bonchev–Trinajstić information content (AvgIpc) is 2.53. The summed E-state index contributed by atoms with van der Waals surface area (Å²) in [6, 6.07) is 0. The number of likely N-dealkylation sites (tertiary alicyclic amines) is 2. The van der Waals surface area contributed by atoms with Crippen LogP contribution in [0.2, 0.25) is 0 Å². The third-order valence-electron chi connectivity index (χ3n) is 6.17. The molecular weight excluding hydrogens is 455 g/mol. The van der Waals surface area contributed by atoms with Crippen LogP contribution in [0, 0.1) is 11.3 Å². The van der Waals surface area contributed by atoms with Gasteiger partial charge in [-0.25, -0.2) is 4.79 Å². The van der Waals surface area contributed by atoms with Gasteiger partial charge in [0.05, 0.1) is 0 Å². The van der Waals surface area contributed by atoms with Gasteiger partial charge < -0.3 is 19.9 Å². The molecule has 2 rings (SSSR count). The summed E-state index contributed by atoms with van der Waals surface area (Å²) in [4.78, 5) is 20.8. The first-order valence-electron chi connectivity index (χ1n) is 9.83. The van der Waals surface area contributed by atoms with E-state index in [1.807, 2.05) is 32.7 Å². The molecule has 0 aromatic carbocycles. The van der Waals surface area contributed by atoms with Crippen molar-refractivity contribution in [3.05, 3.63) is 0 Å². The van der Waals surface area contributed by atoms with Crippen molar-refractivity contribution in [3.8, 4) is 0 Å².